The van der Waals surface area contributed by atoms with E-state index in [1.165, 1.54) is 12.1 Å². The van der Waals surface area contributed by atoms with Gasteiger partial charge in [0.05, 0.1) is 5.56 Å². The molecule has 0 unspecified atom stereocenters. The first-order valence-corrected chi connectivity index (χ1v) is 12.9. The molecule has 0 atom stereocenters. The van der Waals surface area contributed by atoms with Crippen LogP contribution < -0.4 is 10.6 Å². The fourth-order valence-electron chi connectivity index (χ4n) is 4.44. The largest absolute Gasteiger partial charge is 0.416 e. The van der Waals surface area contributed by atoms with Gasteiger partial charge in [-0.3, -0.25) is 9.59 Å². The van der Waals surface area contributed by atoms with Crippen molar-refractivity contribution in [1.82, 2.24) is 5.32 Å². The van der Waals surface area contributed by atoms with Crippen molar-refractivity contribution in [2.24, 2.45) is 0 Å². The van der Waals surface area contributed by atoms with Crippen molar-refractivity contribution in [3.8, 4) is 22.3 Å². The van der Waals surface area contributed by atoms with Crippen molar-refractivity contribution in [3.63, 3.8) is 0 Å². The third-order valence-electron chi connectivity index (χ3n) is 6.59. The molecule has 0 radical (unpaired) electrons. The molecule has 5 rings (SSSR count). The van der Waals surface area contributed by atoms with E-state index in [4.69, 9.17) is 0 Å². The fraction of sp³-hybridized carbons (Fsp3) is 0.0588. The Morgan fingerprint density at radius 1 is 0.610 bits per heavy atom. The zero-order valence-corrected chi connectivity index (χ0v) is 21.8. The molecule has 0 aliphatic heterocycles. The second-order valence-corrected chi connectivity index (χ2v) is 9.40. The molecule has 0 aliphatic rings. The number of carbonyl (C=O) groups excluding carboxylic acids is 2. The lowest BCUT2D eigenvalue weighted by Gasteiger charge is -2.13. The smallest absolute Gasteiger partial charge is 0.348 e. The summed E-state index contributed by atoms with van der Waals surface area (Å²) >= 11 is 0. The Kier molecular flexibility index (Phi) is 7.97. The van der Waals surface area contributed by atoms with Crippen molar-refractivity contribution in [2.45, 2.75) is 12.7 Å². The average molecular weight is 551 g/mol. The van der Waals surface area contributed by atoms with E-state index in [-0.39, 0.29) is 5.91 Å². The number of carbonyl (C=O) groups is 2. The van der Waals surface area contributed by atoms with Gasteiger partial charge in [-0.05, 0) is 64.2 Å². The second-order valence-electron chi connectivity index (χ2n) is 9.40. The van der Waals surface area contributed by atoms with E-state index in [0.29, 0.717) is 34.5 Å². The summed E-state index contributed by atoms with van der Waals surface area (Å²) in [5, 5.41) is 5.70. The Labute approximate surface area is 235 Å². The molecule has 0 saturated heterocycles. The normalized spacial score (nSPS) is 11.1. The zero-order valence-electron chi connectivity index (χ0n) is 21.8. The maximum atomic E-state index is 13.2. The SMILES string of the molecule is O=C(NCc1ccc(-c2ccccc2)cc1)c1cccc(NC(=O)c2ccccc2-c2ccc(C(F)(F)F)cc2)c1. The van der Waals surface area contributed by atoms with Crippen LogP contribution in [-0.4, -0.2) is 11.8 Å². The van der Waals surface area contributed by atoms with Gasteiger partial charge in [0, 0.05) is 23.4 Å². The highest BCUT2D eigenvalue weighted by atomic mass is 19.4. The molecule has 0 aliphatic carbocycles. The molecule has 204 valence electrons. The number of anilines is 1. The number of hydrogen-bond donors (Lipinski definition) is 2. The molecule has 2 N–H and O–H groups in total. The quantitative estimate of drug-likeness (QED) is 0.215. The second kappa shape index (κ2) is 11.9. The first-order chi connectivity index (χ1) is 19.8. The minimum Gasteiger partial charge on any atom is -0.348 e. The van der Waals surface area contributed by atoms with Crippen molar-refractivity contribution in [3.05, 3.63) is 150 Å². The van der Waals surface area contributed by atoms with Crippen molar-refractivity contribution in [1.29, 1.82) is 0 Å². The third kappa shape index (κ3) is 6.70. The van der Waals surface area contributed by atoms with Gasteiger partial charge in [0.2, 0.25) is 0 Å². The van der Waals surface area contributed by atoms with Gasteiger partial charge in [-0.25, -0.2) is 0 Å². The van der Waals surface area contributed by atoms with Crippen LogP contribution in [0.25, 0.3) is 22.3 Å². The monoisotopic (exact) mass is 550 g/mol. The molecule has 41 heavy (non-hydrogen) atoms. The lowest BCUT2D eigenvalue weighted by molar-refractivity contribution is -0.137. The summed E-state index contributed by atoms with van der Waals surface area (Å²) in [6.45, 7) is 0.338. The van der Waals surface area contributed by atoms with Crippen LogP contribution in [0.15, 0.2) is 127 Å². The number of rotatable bonds is 7. The number of hydrogen-bond acceptors (Lipinski definition) is 2. The average Bonchev–Trinajstić information content (AvgIpc) is 3.00. The van der Waals surface area contributed by atoms with Gasteiger partial charge in [0.15, 0.2) is 0 Å². The molecule has 0 heterocycles. The predicted octanol–water partition coefficient (Wildman–Crippen LogP) is 8.22. The fourth-order valence-corrected chi connectivity index (χ4v) is 4.44. The molecule has 5 aromatic carbocycles. The highest BCUT2D eigenvalue weighted by Gasteiger charge is 2.30. The molecule has 0 aromatic heterocycles. The lowest BCUT2D eigenvalue weighted by atomic mass is 9.98. The van der Waals surface area contributed by atoms with E-state index >= 15 is 0 Å². The van der Waals surface area contributed by atoms with Crippen molar-refractivity contribution >= 4 is 17.5 Å². The summed E-state index contributed by atoms with van der Waals surface area (Å²) < 4.78 is 38.9. The number of amides is 2. The van der Waals surface area contributed by atoms with Crippen LogP contribution in [0.2, 0.25) is 0 Å². The van der Waals surface area contributed by atoms with Crippen LogP contribution in [0.4, 0.5) is 18.9 Å². The van der Waals surface area contributed by atoms with Gasteiger partial charge in [0.1, 0.15) is 0 Å². The Morgan fingerprint density at radius 2 is 1.24 bits per heavy atom. The van der Waals surface area contributed by atoms with Crippen LogP contribution >= 0.6 is 0 Å². The molecule has 7 heteroatoms. The molecule has 0 spiro atoms. The summed E-state index contributed by atoms with van der Waals surface area (Å²) in [7, 11) is 0. The van der Waals surface area contributed by atoms with Gasteiger partial charge in [-0.1, -0.05) is 91.0 Å². The number of benzene rings is 5. The summed E-state index contributed by atoms with van der Waals surface area (Å²) in [6, 6.07) is 35.9. The van der Waals surface area contributed by atoms with E-state index < -0.39 is 17.6 Å². The summed E-state index contributed by atoms with van der Waals surface area (Å²) in [5.74, 6) is -0.741. The highest BCUT2D eigenvalue weighted by Crippen LogP contribution is 2.32. The van der Waals surface area contributed by atoms with Crippen LogP contribution in [0.5, 0.6) is 0 Å². The van der Waals surface area contributed by atoms with Gasteiger partial charge < -0.3 is 10.6 Å². The topological polar surface area (TPSA) is 58.2 Å². The Bertz CT molecular complexity index is 1660. The van der Waals surface area contributed by atoms with Crippen molar-refractivity contribution < 1.29 is 22.8 Å². The highest BCUT2D eigenvalue weighted by molar-refractivity contribution is 6.09. The van der Waals surface area contributed by atoms with E-state index in [2.05, 4.69) is 10.6 Å². The van der Waals surface area contributed by atoms with Gasteiger partial charge in [0.25, 0.3) is 11.8 Å². The molecule has 5 aromatic rings. The first kappa shape index (κ1) is 27.4. The molecule has 0 saturated carbocycles. The summed E-state index contributed by atoms with van der Waals surface area (Å²) in [5.41, 5.74) is 4.44. The maximum absolute atomic E-state index is 13.2. The Balaban J connectivity index is 1.25. The standard InChI is InChI=1S/C34H25F3N2O2/c35-34(36,37)28-19-17-26(18-20-28)30-11-4-5-12-31(30)33(41)39-29-10-6-9-27(21-29)32(40)38-22-23-13-15-25(16-14-23)24-7-2-1-3-8-24/h1-21H,22H2,(H,38,40)(H,39,41). The predicted molar refractivity (Wildman–Crippen MR) is 154 cm³/mol. The Morgan fingerprint density at radius 3 is 1.95 bits per heavy atom. The minimum absolute atomic E-state index is 0.293. The molecule has 0 fully saturated rings. The zero-order chi connectivity index (χ0) is 28.8. The lowest BCUT2D eigenvalue weighted by Crippen LogP contribution is -2.23. The van der Waals surface area contributed by atoms with Gasteiger partial charge in [-0.2, -0.15) is 13.2 Å². The van der Waals surface area contributed by atoms with Crippen LogP contribution in [0, 0.1) is 0 Å². The molecule has 4 nitrogen and oxygen atoms in total. The van der Waals surface area contributed by atoms with Gasteiger partial charge in [-0.15, -0.1) is 0 Å². The number of nitrogens with one attached hydrogen (secondary N) is 2. The number of alkyl halides is 3. The summed E-state index contributed by atoms with van der Waals surface area (Å²) in [6.07, 6.45) is -4.44. The number of halogens is 3. The van der Waals surface area contributed by atoms with Gasteiger partial charge >= 0.3 is 6.18 Å². The van der Waals surface area contributed by atoms with Crippen LogP contribution in [0.3, 0.4) is 0 Å². The van der Waals surface area contributed by atoms with E-state index in [1.807, 2.05) is 54.6 Å². The van der Waals surface area contributed by atoms with E-state index in [0.717, 1.165) is 28.8 Å². The van der Waals surface area contributed by atoms with E-state index in [1.54, 1.807) is 48.5 Å². The van der Waals surface area contributed by atoms with Crippen LogP contribution in [0.1, 0.15) is 31.8 Å². The molecular weight excluding hydrogens is 525 g/mol. The molecule has 0 bridgehead atoms. The van der Waals surface area contributed by atoms with Crippen molar-refractivity contribution in [2.75, 3.05) is 5.32 Å². The molecule has 2 amide bonds. The first-order valence-electron chi connectivity index (χ1n) is 12.9. The summed E-state index contributed by atoms with van der Waals surface area (Å²) in [4.78, 5) is 26.0. The third-order valence-corrected chi connectivity index (χ3v) is 6.59. The maximum Gasteiger partial charge on any atom is 0.416 e. The van der Waals surface area contributed by atoms with E-state index in [9.17, 15) is 22.8 Å². The minimum atomic E-state index is -4.44. The van der Waals surface area contributed by atoms with Crippen LogP contribution in [-0.2, 0) is 12.7 Å². The Hall–Kier alpha value is -5.17. The molecular formula is C34H25F3N2O2.